The summed E-state index contributed by atoms with van der Waals surface area (Å²) in [5, 5.41) is 17.5. The molecule has 1 amide bonds. The second-order valence-corrected chi connectivity index (χ2v) is 4.05. The molecule has 0 spiro atoms. The van der Waals surface area contributed by atoms with Gasteiger partial charge in [-0.1, -0.05) is 16.5 Å². The minimum atomic E-state index is -0.313. The van der Waals surface area contributed by atoms with Crippen molar-refractivity contribution in [3.8, 4) is 0 Å². The zero-order valence-corrected chi connectivity index (χ0v) is 10.0. The van der Waals surface area contributed by atoms with Gasteiger partial charge in [-0.2, -0.15) is 4.98 Å². The lowest BCUT2D eigenvalue weighted by molar-refractivity contribution is 0.0948. The van der Waals surface area contributed by atoms with Gasteiger partial charge in [0.1, 0.15) is 0 Å². The normalized spacial score (nSPS) is 10.2. The van der Waals surface area contributed by atoms with Gasteiger partial charge >= 0.3 is 0 Å². The lowest BCUT2D eigenvalue weighted by Crippen LogP contribution is -2.23. The Balaban J connectivity index is 1.93. The number of aryl methyl sites for hydroxylation is 1. The largest absolute Gasteiger partial charge is 0.363 e. The molecular weight excluding hydrogens is 244 g/mol. The third-order valence-electron chi connectivity index (χ3n) is 1.81. The Hall–Kier alpha value is -2.03. The van der Waals surface area contributed by atoms with E-state index in [2.05, 4.69) is 31.0 Å². The van der Waals surface area contributed by atoms with Crippen molar-refractivity contribution in [2.75, 3.05) is 12.4 Å². The molecule has 90 valence electrons. The second kappa shape index (κ2) is 4.87. The van der Waals surface area contributed by atoms with Crippen LogP contribution in [0.5, 0.6) is 0 Å². The Morgan fingerprint density at radius 1 is 1.47 bits per heavy atom. The third-order valence-corrected chi connectivity index (χ3v) is 2.75. The average molecular weight is 254 g/mol. The van der Waals surface area contributed by atoms with Gasteiger partial charge in [0.15, 0.2) is 5.82 Å². The topological polar surface area (TPSA) is 106 Å². The minimum Gasteiger partial charge on any atom is -0.363 e. The van der Waals surface area contributed by atoms with Crippen molar-refractivity contribution in [3.63, 3.8) is 0 Å². The summed E-state index contributed by atoms with van der Waals surface area (Å²) >= 11 is 1.17. The monoisotopic (exact) mass is 254 g/mol. The fourth-order valence-electron chi connectivity index (χ4n) is 1.06. The number of hydrogen-bond donors (Lipinski definition) is 2. The van der Waals surface area contributed by atoms with Crippen LogP contribution in [-0.2, 0) is 6.54 Å². The van der Waals surface area contributed by atoms with Gasteiger partial charge in [-0.25, -0.2) is 0 Å². The predicted molar refractivity (Wildman–Crippen MR) is 59.7 cm³/mol. The van der Waals surface area contributed by atoms with E-state index in [1.807, 2.05) is 0 Å². The number of aromatic nitrogens is 4. The molecule has 0 saturated heterocycles. The van der Waals surface area contributed by atoms with Crippen LogP contribution in [0.1, 0.15) is 21.5 Å². The molecule has 8 nitrogen and oxygen atoms in total. The van der Waals surface area contributed by atoms with Crippen LogP contribution in [0.4, 0.5) is 5.13 Å². The van der Waals surface area contributed by atoms with Gasteiger partial charge in [0.2, 0.25) is 16.0 Å². The molecule has 0 fully saturated rings. The number of anilines is 1. The number of hydrogen-bond acceptors (Lipinski definition) is 8. The van der Waals surface area contributed by atoms with Crippen molar-refractivity contribution >= 4 is 22.4 Å². The fourth-order valence-corrected chi connectivity index (χ4v) is 1.68. The van der Waals surface area contributed by atoms with Gasteiger partial charge in [0, 0.05) is 14.0 Å². The maximum atomic E-state index is 11.6. The Labute approximate surface area is 100 Å². The van der Waals surface area contributed by atoms with E-state index in [0.717, 1.165) is 0 Å². The van der Waals surface area contributed by atoms with Crippen LogP contribution in [0.2, 0.25) is 0 Å². The molecule has 2 heterocycles. The molecule has 2 N–H and O–H groups in total. The quantitative estimate of drug-likeness (QED) is 0.802. The minimum absolute atomic E-state index is 0.199. The van der Waals surface area contributed by atoms with Crippen LogP contribution in [0, 0.1) is 6.92 Å². The van der Waals surface area contributed by atoms with Crippen molar-refractivity contribution in [1.29, 1.82) is 0 Å². The summed E-state index contributed by atoms with van der Waals surface area (Å²) in [6.45, 7) is 1.88. The molecule has 0 aromatic carbocycles. The molecule has 17 heavy (non-hydrogen) atoms. The first-order chi connectivity index (χ1) is 8.19. The van der Waals surface area contributed by atoms with Crippen molar-refractivity contribution in [2.45, 2.75) is 13.5 Å². The zero-order chi connectivity index (χ0) is 12.3. The Morgan fingerprint density at radius 3 is 2.88 bits per heavy atom. The van der Waals surface area contributed by atoms with Gasteiger partial charge in [-0.15, -0.1) is 10.2 Å². The van der Waals surface area contributed by atoms with E-state index < -0.39 is 0 Å². The van der Waals surface area contributed by atoms with Crippen LogP contribution in [0.3, 0.4) is 0 Å². The summed E-state index contributed by atoms with van der Waals surface area (Å²) in [6.07, 6.45) is 0. The molecule has 0 atom stereocenters. The van der Waals surface area contributed by atoms with E-state index >= 15 is 0 Å². The maximum absolute atomic E-state index is 11.6. The molecule has 0 unspecified atom stereocenters. The van der Waals surface area contributed by atoms with Crippen molar-refractivity contribution in [1.82, 2.24) is 25.7 Å². The lowest BCUT2D eigenvalue weighted by atomic mass is 10.5. The number of nitrogens with one attached hydrogen (secondary N) is 2. The molecule has 2 aromatic heterocycles. The van der Waals surface area contributed by atoms with Crippen LogP contribution >= 0.6 is 11.3 Å². The van der Waals surface area contributed by atoms with E-state index in [9.17, 15) is 4.79 Å². The van der Waals surface area contributed by atoms with Gasteiger partial charge in [-0.05, 0) is 0 Å². The summed E-state index contributed by atoms with van der Waals surface area (Å²) in [7, 11) is 1.71. The van der Waals surface area contributed by atoms with Crippen molar-refractivity contribution in [2.24, 2.45) is 0 Å². The van der Waals surface area contributed by atoms with E-state index in [4.69, 9.17) is 4.52 Å². The van der Waals surface area contributed by atoms with E-state index in [1.54, 1.807) is 14.0 Å². The SMILES string of the molecule is CNc1nnc(C(=O)NCc2noc(C)n2)s1. The standard InChI is InChI=1S/C8H10N6O2S/c1-4-11-5(14-16-4)3-10-6(15)7-12-13-8(9-2)17-7/h3H2,1-2H3,(H,9,13)(H,10,15). The number of carbonyl (C=O) groups excluding carboxylic acids is 1. The smallest absolute Gasteiger partial charge is 0.282 e. The Bertz CT molecular complexity index is 522. The molecular formula is C8H10N6O2S. The summed E-state index contributed by atoms with van der Waals surface area (Å²) in [5.74, 6) is 0.572. The average Bonchev–Trinajstić information content (AvgIpc) is 2.94. The molecule has 0 aliphatic carbocycles. The van der Waals surface area contributed by atoms with Crippen LogP contribution < -0.4 is 10.6 Å². The van der Waals surface area contributed by atoms with Gasteiger partial charge in [0.25, 0.3) is 5.91 Å². The van der Waals surface area contributed by atoms with Crippen molar-refractivity contribution < 1.29 is 9.32 Å². The summed E-state index contributed by atoms with van der Waals surface area (Å²) in [6, 6.07) is 0. The van der Waals surface area contributed by atoms with Gasteiger partial charge in [-0.3, -0.25) is 4.79 Å². The fraction of sp³-hybridized carbons (Fsp3) is 0.375. The molecule has 2 rings (SSSR count). The second-order valence-electron chi connectivity index (χ2n) is 3.07. The zero-order valence-electron chi connectivity index (χ0n) is 9.22. The molecule has 0 aliphatic rings. The number of nitrogens with zero attached hydrogens (tertiary/aromatic N) is 4. The van der Waals surface area contributed by atoms with E-state index in [1.165, 1.54) is 11.3 Å². The highest BCUT2D eigenvalue weighted by Gasteiger charge is 2.12. The third kappa shape index (κ3) is 2.75. The molecule has 0 bridgehead atoms. The molecule has 2 aromatic rings. The van der Waals surface area contributed by atoms with Crippen LogP contribution in [0.25, 0.3) is 0 Å². The maximum Gasteiger partial charge on any atom is 0.282 e. The summed E-state index contributed by atoms with van der Waals surface area (Å²) in [4.78, 5) is 15.6. The highest BCUT2D eigenvalue weighted by atomic mass is 32.1. The first kappa shape index (κ1) is 11.5. The number of rotatable bonds is 4. The van der Waals surface area contributed by atoms with Crippen LogP contribution in [-0.4, -0.2) is 33.3 Å². The Morgan fingerprint density at radius 2 is 2.29 bits per heavy atom. The molecule has 0 radical (unpaired) electrons. The van der Waals surface area contributed by atoms with Gasteiger partial charge < -0.3 is 15.2 Å². The molecule has 0 aliphatic heterocycles. The highest BCUT2D eigenvalue weighted by molar-refractivity contribution is 7.17. The summed E-state index contributed by atoms with van der Waals surface area (Å²) in [5.41, 5.74) is 0. The number of amides is 1. The predicted octanol–water partition coefficient (Wildman–Crippen LogP) is 0.201. The lowest BCUT2D eigenvalue weighted by Gasteiger charge is -1.96. The number of carbonyl (C=O) groups is 1. The molecule has 0 saturated carbocycles. The molecule has 9 heteroatoms. The first-order valence-corrected chi connectivity index (χ1v) is 5.59. The highest BCUT2D eigenvalue weighted by Crippen LogP contribution is 2.13. The first-order valence-electron chi connectivity index (χ1n) is 4.77. The van der Waals surface area contributed by atoms with Crippen molar-refractivity contribution in [3.05, 3.63) is 16.7 Å². The Kier molecular flexibility index (Phi) is 3.28. The summed E-state index contributed by atoms with van der Waals surface area (Å²) < 4.78 is 4.78. The van der Waals surface area contributed by atoms with Crippen LogP contribution in [0.15, 0.2) is 4.52 Å². The van der Waals surface area contributed by atoms with E-state index in [0.29, 0.717) is 16.8 Å². The van der Waals surface area contributed by atoms with Gasteiger partial charge in [0.05, 0.1) is 6.54 Å². The van der Waals surface area contributed by atoms with E-state index in [-0.39, 0.29) is 17.5 Å².